The summed E-state index contributed by atoms with van der Waals surface area (Å²) in [6.45, 7) is 14.3. The molecule has 2 aliphatic rings. The number of carbonyl (C=O) groups excluding carboxylic acids is 1. The molecule has 1 saturated heterocycles. The lowest BCUT2D eigenvalue weighted by Gasteiger charge is -2.37. The van der Waals surface area contributed by atoms with Crippen molar-refractivity contribution in [3.63, 3.8) is 0 Å². The fourth-order valence-corrected chi connectivity index (χ4v) is 4.50. The Balaban J connectivity index is 1.34. The molecule has 0 saturated carbocycles. The molecule has 4 rings (SSSR count). The van der Waals surface area contributed by atoms with E-state index in [2.05, 4.69) is 52.9 Å². The molecular weight excluding hydrogens is 451 g/mol. The number of hydrogen-bond acceptors (Lipinski definition) is 4. The third kappa shape index (κ3) is 5.70. The van der Waals surface area contributed by atoms with Crippen LogP contribution in [0.2, 0.25) is 0 Å². The maximum Gasteiger partial charge on any atom is 0.268 e. The number of anilines is 2. The second kappa shape index (κ2) is 11.3. The maximum atomic E-state index is 13.2. The van der Waals surface area contributed by atoms with E-state index in [9.17, 15) is 9.18 Å². The third-order valence-electron chi connectivity index (χ3n) is 6.94. The lowest BCUT2D eigenvalue weighted by molar-refractivity contribution is -0.118. The zero-order valence-electron chi connectivity index (χ0n) is 21.4. The Morgan fingerprint density at radius 2 is 1.53 bits per heavy atom. The highest BCUT2D eigenvalue weighted by molar-refractivity contribution is 5.94. The van der Waals surface area contributed by atoms with E-state index < -0.39 is 0 Å². The highest BCUT2D eigenvalue weighted by Crippen LogP contribution is 2.26. The fraction of sp³-hybridized carbons (Fsp3) is 0.300. The molecule has 1 N–H and O–H groups in total. The molecule has 0 aromatic heterocycles. The van der Waals surface area contributed by atoms with Gasteiger partial charge in [0.15, 0.2) is 0 Å². The molecular formula is C30H35FN4O. The number of halogens is 1. The molecule has 2 aliphatic heterocycles. The van der Waals surface area contributed by atoms with Crippen molar-refractivity contribution in [2.45, 2.75) is 33.7 Å². The average molecular weight is 487 g/mol. The van der Waals surface area contributed by atoms with Crippen LogP contribution in [-0.4, -0.2) is 37.0 Å². The second-order valence-corrected chi connectivity index (χ2v) is 9.29. The van der Waals surface area contributed by atoms with Crippen molar-refractivity contribution in [1.29, 1.82) is 0 Å². The van der Waals surface area contributed by atoms with Gasteiger partial charge in [0.1, 0.15) is 11.5 Å². The quantitative estimate of drug-likeness (QED) is 0.507. The van der Waals surface area contributed by atoms with E-state index in [-0.39, 0.29) is 11.7 Å². The molecule has 1 fully saturated rings. The van der Waals surface area contributed by atoms with Gasteiger partial charge in [-0.2, -0.15) is 0 Å². The summed E-state index contributed by atoms with van der Waals surface area (Å²) >= 11 is 0. The summed E-state index contributed by atoms with van der Waals surface area (Å²) in [6, 6.07) is 15.1. The average Bonchev–Trinajstić information content (AvgIpc) is 2.91. The first kappa shape index (κ1) is 25.3. The fourth-order valence-electron chi connectivity index (χ4n) is 4.50. The largest absolute Gasteiger partial charge is 0.368 e. The maximum absolute atomic E-state index is 13.2. The predicted octanol–water partition coefficient (Wildman–Crippen LogP) is 5.74. The number of piperazine rings is 1. The predicted molar refractivity (Wildman–Crippen MR) is 146 cm³/mol. The van der Waals surface area contributed by atoms with Crippen LogP contribution >= 0.6 is 0 Å². The van der Waals surface area contributed by atoms with Gasteiger partial charge in [0, 0.05) is 56.0 Å². The number of rotatable bonds is 7. The van der Waals surface area contributed by atoms with Gasteiger partial charge in [-0.1, -0.05) is 31.7 Å². The van der Waals surface area contributed by atoms with Crippen LogP contribution in [0, 0.1) is 5.82 Å². The third-order valence-corrected chi connectivity index (χ3v) is 6.94. The molecule has 0 atom stereocenters. The van der Waals surface area contributed by atoms with Crippen LogP contribution in [0.5, 0.6) is 0 Å². The Morgan fingerprint density at radius 1 is 0.972 bits per heavy atom. The zero-order chi connectivity index (χ0) is 25.7. The summed E-state index contributed by atoms with van der Waals surface area (Å²) in [7, 11) is 0. The molecule has 6 heteroatoms. The molecule has 0 bridgehead atoms. The van der Waals surface area contributed by atoms with Crippen LogP contribution in [0.4, 0.5) is 15.8 Å². The van der Waals surface area contributed by atoms with E-state index in [0.717, 1.165) is 60.7 Å². The lowest BCUT2D eigenvalue weighted by Crippen LogP contribution is -2.46. The highest BCUT2D eigenvalue weighted by atomic mass is 19.1. The Morgan fingerprint density at radius 3 is 2.08 bits per heavy atom. The monoisotopic (exact) mass is 486 g/mol. The van der Waals surface area contributed by atoms with Crippen LogP contribution in [0.3, 0.4) is 0 Å². The van der Waals surface area contributed by atoms with E-state index in [1.54, 1.807) is 0 Å². The van der Waals surface area contributed by atoms with Gasteiger partial charge in [-0.3, -0.25) is 4.79 Å². The summed E-state index contributed by atoms with van der Waals surface area (Å²) in [5, 5.41) is 3.09. The molecule has 36 heavy (non-hydrogen) atoms. The highest BCUT2D eigenvalue weighted by Gasteiger charge is 2.23. The molecule has 0 unspecified atom stereocenters. The van der Waals surface area contributed by atoms with Crippen LogP contribution < -0.4 is 15.1 Å². The van der Waals surface area contributed by atoms with Gasteiger partial charge in [0.25, 0.3) is 5.91 Å². The normalized spacial score (nSPS) is 16.6. The first-order chi connectivity index (χ1) is 17.4. The Hall–Kier alpha value is -3.80. The number of nitrogens with zero attached hydrogens (tertiary/aromatic N) is 3. The first-order valence-corrected chi connectivity index (χ1v) is 12.5. The van der Waals surface area contributed by atoms with Crippen LogP contribution in [0.15, 0.2) is 96.0 Å². The Bertz CT molecular complexity index is 1190. The Labute approximate surface area is 213 Å². The van der Waals surface area contributed by atoms with Gasteiger partial charge in [-0.25, -0.2) is 4.39 Å². The number of nitrogens with one attached hydrogen (secondary N) is 1. The molecule has 1 amide bonds. The van der Waals surface area contributed by atoms with Crippen LogP contribution in [0.25, 0.3) is 0 Å². The van der Waals surface area contributed by atoms with Crippen LogP contribution in [-0.2, 0) is 11.3 Å². The van der Waals surface area contributed by atoms with Gasteiger partial charge < -0.3 is 20.0 Å². The zero-order valence-corrected chi connectivity index (χ0v) is 21.4. The minimum atomic E-state index is -0.206. The van der Waals surface area contributed by atoms with Gasteiger partial charge in [0.05, 0.1) is 0 Å². The number of carbonyl (C=O) groups is 1. The molecule has 2 heterocycles. The summed E-state index contributed by atoms with van der Waals surface area (Å²) < 4.78 is 13.2. The minimum Gasteiger partial charge on any atom is -0.368 e. The van der Waals surface area contributed by atoms with E-state index >= 15 is 0 Å². The molecule has 2 aromatic carbocycles. The van der Waals surface area contributed by atoms with E-state index in [1.807, 2.05) is 49.2 Å². The number of hydrogen-bond donors (Lipinski definition) is 1. The van der Waals surface area contributed by atoms with Crippen molar-refractivity contribution < 1.29 is 9.18 Å². The van der Waals surface area contributed by atoms with Crippen LogP contribution in [0.1, 0.15) is 32.8 Å². The molecule has 0 radical (unpaired) electrons. The minimum absolute atomic E-state index is 0.101. The Kier molecular flexibility index (Phi) is 7.93. The lowest BCUT2D eigenvalue weighted by atomic mass is 10.1. The SMILES string of the molecule is C=C1C(C)=CC=CN1/C(C(=O)NCc1ccc(N2CCN(c3ccc(F)cc3)CC2)cc1)=C(\C)CC. The van der Waals surface area contributed by atoms with Crippen molar-refractivity contribution in [2.75, 3.05) is 36.0 Å². The van der Waals surface area contributed by atoms with Crippen molar-refractivity contribution in [1.82, 2.24) is 10.2 Å². The molecule has 2 aromatic rings. The van der Waals surface area contributed by atoms with Gasteiger partial charge >= 0.3 is 0 Å². The van der Waals surface area contributed by atoms with Gasteiger partial charge in [0.2, 0.25) is 0 Å². The van der Waals surface area contributed by atoms with Gasteiger partial charge in [-0.15, -0.1) is 0 Å². The second-order valence-electron chi connectivity index (χ2n) is 9.29. The van der Waals surface area contributed by atoms with Crippen molar-refractivity contribution >= 4 is 17.3 Å². The van der Waals surface area contributed by atoms with E-state index in [0.29, 0.717) is 12.2 Å². The van der Waals surface area contributed by atoms with E-state index in [4.69, 9.17) is 0 Å². The van der Waals surface area contributed by atoms with Crippen molar-refractivity contribution in [2.24, 2.45) is 0 Å². The molecule has 0 aliphatic carbocycles. The first-order valence-electron chi connectivity index (χ1n) is 12.5. The molecule has 188 valence electrons. The molecule has 0 spiro atoms. The summed E-state index contributed by atoms with van der Waals surface area (Å²) in [4.78, 5) is 19.7. The van der Waals surface area contributed by atoms with E-state index in [1.165, 1.54) is 17.8 Å². The summed E-state index contributed by atoms with van der Waals surface area (Å²) in [5.41, 5.74) is 6.80. The number of allylic oxidation sites excluding steroid dienone is 4. The topological polar surface area (TPSA) is 38.8 Å². The summed E-state index contributed by atoms with van der Waals surface area (Å²) in [6.07, 6.45) is 6.62. The standard InChI is InChI=1S/C30H35FN4O/c1-5-22(2)29(35-16-6-7-23(3)24(35)4)30(36)32-21-25-8-12-27(13-9-25)33-17-19-34(20-18-33)28-14-10-26(31)11-15-28/h6-16H,4-5,17-21H2,1-3H3,(H,32,36)/b29-22+. The van der Waals surface area contributed by atoms with Crippen molar-refractivity contribution in [3.05, 3.63) is 107 Å². The smallest absolute Gasteiger partial charge is 0.268 e. The summed E-state index contributed by atoms with van der Waals surface area (Å²) in [5.74, 6) is -0.307. The molecule has 5 nitrogen and oxygen atoms in total. The van der Waals surface area contributed by atoms with Gasteiger partial charge in [-0.05, 0) is 79.5 Å². The number of amides is 1. The van der Waals surface area contributed by atoms with Crippen molar-refractivity contribution in [3.8, 4) is 0 Å². The number of benzene rings is 2.